The van der Waals surface area contributed by atoms with Gasteiger partial charge in [0.2, 0.25) is 5.91 Å². The lowest BCUT2D eigenvalue weighted by Gasteiger charge is -2.27. The van der Waals surface area contributed by atoms with Crippen LogP contribution in [0.4, 0.5) is 10.1 Å². The van der Waals surface area contributed by atoms with Gasteiger partial charge in [-0.3, -0.25) is 14.7 Å². The summed E-state index contributed by atoms with van der Waals surface area (Å²) >= 11 is 1.44. The van der Waals surface area contributed by atoms with Crippen molar-refractivity contribution in [2.24, 2.45) is 0 Å². The number of thioether (sulfide) groups is 1. The van der Waals surface area contributed by atoms with Gasteiger partial charge in [0, 0.05) is 12.4 Å². The minimum Gasteiger partial charge on any atom is -0.460 e. The number of hydrogen-bond acceptors (Lipinski definition) is 7. The Kier molecular flexibility index (Phi) is 9.05. The van der Waals surface area contributed by atoms with E-state index in [-0.39, 0.29) is 36.1 Å². The molecule has 3 aromatic rings. The third-order valence-corrected chi connectivity index (χ3v) is 6.78. The molecule has 1 aliphatic heterocycles. The summed E-state index contributed by atoms with van der Waals surface area (Å²) in [6.45, 7) is 3.40. The Balaban J connectivity index is 1.32. The Morgan fingerprint density at radius 1 is 1.03 bits per heavy atom. The third-order valence-electron chi connectivity index (χ3n) is 5.57. The largest absolute Gasteiger partial charge is 0.460 e. The smallest absolute Gasteiger partial charge is 0.340 e. The fourth-order valence-electron chi connectivity index (χ4n) is 3.84. The van der Waals surface area contributed by atoms with Crippen LogP contribution in [0.15, 0.2) is 67.0 Å². The van der Waals surface area contributed by atoms with E-state index in [2.05, 4.69) is 4.98 Å². The molecule has 188 valence electrons. The summed E-state index contributed by atoms with van der Waals surface area (Å²) in [5.74, 6) is -0.731. The van der Waals surface area contributed by atoms with Gasteiger partial charge in [0.15, 0.2) is 0 Å². The van der Waals surface area contributed by atoms with E-state index < -0.39 is 5.97 Å². The maximum Gasteiger partial charge on any atom is 0.340 e. The second kappa shape index (κ2) is 12.6. The predicted molar refractivity (Wildman–Crippen MR) is 135 cm³/mol. The average Bonchev–Trinajstić information content (AvgIpc) is 3.27. The zero-order chi connectivity index (χ0) is 25.3. The molecule has 1 aromatic heterocycles. The number of amides is 1. The zero-order valence-electron chi connectivity index (χ0n) is 19.9. The lowest BCUT2D eigenvalue weighted by Crippen LogP contribution is -2.30. The Hall–Kier alpha value is -3.27. The first-order chi connectivity index (χ1) is 17.5. The van der Waals surface area contributed by atoms with Crippen molar-refractivity contribution in [1.29, 1.82) is 0 Å². The number of ether oxygens (including phenoxy) is 3. The minimum absolute atomic E-state index is 0.0701. The highest BCUT2D eigenvalue weighted by molar-refractivity contribution is 8.00. The predicted octanol–water partition coefficient (Wildman–Crippen LogP) is 4.70. The molecule has 2 heterocycles. The van der Waals surface area contributed by atoms with E-state index in [0.29, 0.717) is 31.1 Å². The normalized spacial score (nSPS) is 15.3. The molecule has 1 amide bonds. The molecule has 1 aliphatic rings. The SMILES string of the molecule is Cc1cccc(C(=O)OCCOCCOCc2ccncc2)c1N1C(=O)CSC1c1ccc(F)cc1. The van der Waals surface area contributed by atoms with Gasteiger partial charge in [0.05, 0.1) is 43.4 Å². The van der Waals surface area contributed by atoms with E-state index in [1.54, 1.807) is 41.6 Å². The van der Waals surface area contributed by atoms with Crippen LogP contribution in [0.2, 0.25) is 0 Å². The topological polar surface area (TPSA) is 78.0 Å². The van der Waals surface area contributed by atoms with Gasteiger partial charge in [-0.05, 0) is 53.9 Å². The first-order valence-corrected chi connectivity index (χ1v) is 12.6. The highest BCUT2D eigenvalue weighted by Gasteiger charge is 2.37. The maximum absolute atomic E-state index is 13.4. The molecule has 1 saturated heterocycles. The van der Waals surface area contributed by atoms with E-state index in [1.807, 2.05) is 25.1 Å². The van der Waals surface area contributed by atoms with E-state index >= 15 is 0 Å². The van der Waals surface area contributed by atoms with Crippen LogP contribution in [-0.2, 0) is 25.6 Å². The van der Waals surface area contributed by atoms with Crippen molar-refractivity contribution in [2.45, 2.75) is 18.9 Å². The van der Waals surface area contributed by atoms with Crippen molar-refractivity contribution >= 4 is 29.3 Å². The summed E-state index contributed by atoms with van der Waals surface area (Å²) < 4.78 is 29.9. The fraction of sp³-hybridized carbons (Fsp3) is 0.296. The van der Waals surface area contributed by atoms with Gasteiger partial charge in [-0.2, -0.15) is 0 Å². The lowest BCUT2D eigenvalue weighted by molar-refractivity contribution is -0.115. The van der Waals surface area contributed by atoms with Gasteiger partial charge < -0.3 is 14.2 Å². The number of nitrogens with zero attached hydrogens (tertiary/aromatic N) is 2. The first kappa shape index (κ1) is 25.8. The van der Waals surface area contributed by atoms with Crippen molar-refractivity contribution in [3.63, 3.8) is 0 Å². The second-order valence-electron chi connectivity index (χ2n) is 8.11. The molecule has 1 unspecified atom stereocenters. The number of pyridine rings is 1. The minimum atomic E-state index is -0.534. The van der Waals surface area contributed by atoms with Crippen molar-refractivity contribution in [1.82, 2.24) is 4.98 Å². The summed E-state index contributed by atoms with van der Waals surface area (Å²) in [7, 11) is 0. The Morgan fingerprint density at radius 3 is 2.53 bits per heavy atom. The summed E-state index contributed by atoms with van der Waals surface area (Å²) in [5.41, 5.74) is 3.41. The molecule has 0 bridgehead atoms. The van der Waals surface area contributed by atoms with Gasteiger partial charge in [0.25, 0.3) is 0 Å². The van der Waals surface area contributed by atoms with Gasteiger partial charge in [-0.1, -0.05) is 24.3 Å². The Labute approximate surface area is 213 Å². The molecule has 1 atom stereocenters. The molecule has 0 saturated carbocycles. The number of esters is 1. The highest BCUT2D eigenvalue weighted by Crippen LogP contribution is 2.44. The standard InChI is InChI=1S/C27H27FN2O5S/c1-19-3-2-4-23(25(19)30-24(31)18-36-26(30)21-5-7-22(28)8-6-21)27(32)35-16-15-33-13-14-34-17-20-9-11-29-12-10-20/h2-12,26H,13-18H2,1H3. The molecule has 0 aliphatic carbocycles. The summed E-state index contributed by atoms with van der Waals surface area (Å²) in [6.07, 6.45) is 3.43. The number of benzene rings is 2. The third kappa shape index (κ3) is 6.48. The molecule has 9 heteroatoms. The molecule has 36 heavy (non-hydrogen) atoms. The van der Waals surface area contributed by atoms with Gasteiger partial charge in [-0.25, -0.2) is 9.18 Å². The van der Waals surface area contributed by atoms with Crippen LogP contribution >= 0.6 is 11.8 Å². The average molecular weight is 511 g/mol. The zero-order valence-corrected chi connectivity index (χ0v) is 20.7. The van der Waals surface area contributed by atoms with Gasteiger partial charge in [0.1, 0.15) is 17.8 Å². The lowest BCUT2D eigenvalue weighted by atomic mass is 10.1. The van der Waals surface area contributed by atoms with Crippen molar-refractivity contribution < 1.29 is 28.2 Å². The quantitative estimate of drug-likeness (QED) is 0.273. The van der Waals surface area contributed by atoms with Crippen LogP contribution < -0.4 is 4.90 Å². The van der Waals surface area contributed by atoms with Crippen LogP contribution in [-0.4, -0.2) is 49.0 Å². The number of para-hydroxylation sites is 1. The number of carbonyl (C=O) groups excluding carboxylic acids is 2. The second-order valence-corrected chi connectivity index (χ2v) is 9.17. The molecule has 7 nitrogen and oxygen atoms in total. The van der Waals surface area contributed by atoms with E-state index in [9.17, 15) is 14.0 Å². The molecule has 0 N–H and O–H groups in total. The molecule has 4 rings (SSSR count). The molecule has 0 spiro atoms. The van der Waals surface area contributed by atoms with Crippen LogP contribution in [0.5, 0.6) is 0 Å². The summed E-state index contributed by atoms with van der Waals surface area (Å²) in [6, 6.07) is 15.1. The fourth-order valence-corrected chi connectivity index (χ4v) is 5.00. The van der Waals surface area contributed by atoms with E-state index in [0.717, 1.165) is 16.7 Å². The number of aryl methyl sites for hydroxylation is 1. The number of hydrogen-bond donors (Lipinski definition) is 0. The molecule has 2 aromatic carbocycles. The Bertz CT molecular complexity index is 1180. The number of carbonyl (C=O) groups is 2. The van der Waals surface area contributed by atoms with E-state index in [4.69, 9.17) is 14.2 Å². The van der Waals surface area contributed by atoms with Crippen molar-refractivity contribution in [3.8, 4) is 0 Å². The summed E-state index contributed by atoms with van der Waals surface area (Å²) in [5, 5.41) is -0.360. The van der Waals surface area contributed by atoms with Gasteiger partial charge >= 0.3 is 5.97 Å². The maximum atomic E-state index is 13.4. The van der Waals surface area contributed by atoms with Gasteiger partial charge in [-0.15, -0.1) is 11.8 Å². The Morgan fingerprint density at radius 2 is 1.75 bits per heavy atom. The summed E-state index contributed by atoms with van der Waals surface area (Å²) in [4.78, 5) is 31.4. The molecular weight excluding hydrogens is 483 g/mol. The number of aromatic nitrogens is 1. The number of halogens is 1. The monoisotopic (exact) mass is 510 g/mol. The highest BCUT2D eigenvalue weighted by atomic mass is 32.2. The molecule has 0 radical (unpaired) electrons. The number of rotatable bonds is 11. The van der Waals surface area contributed by atoms with Crippen LogP contribution in [0.25, 0.3) is 0 Å². The van der Waals surface area contributed by atoms with Crippen LogP contribution in [0, 0.1) is 12.7 Å². The van der Waals surface area contributed by atoms with E-state index in [1.165, 1.54) is 23.9 Å². The number of anilines is 1. The van der Waals surface area contributed by atoms with Crippen molar-refractivity contribution in [3.05, 3.63) is 95.1 Å². The molecular formula is C27H27FN2O5S. The van der Waals surface area contributed by atoms with Crippen molar-refractivity contribution in [2.75, 3.05) is 37.1 Å². The van der Waals surface area contributed by atoms with Crippen LogP contribution in [0.3, 0.4) is 0 Å². The molecule has 1 fully saturated rings. The first-order valence-electron chi connectivity index (χ1n) is 11.5. The van der Waals surface area contributed by atoms with Crippen LogP contribution in [0.1, 0.15) is 32.4 Å².